The van der Waals surface area contributed by atoms with Gasteiger partial charge in [-0.25, -0.2) is 13.4 Å². The van der Waals surface area contributed by atoms with Gasteiger partial charge in [0.2, 0.25) is 0 Å². The molecule has 0 aliphatic heterocycles. The Labute approximate surface area is 133 Å². The molecule has 116 valence electrons. The molecule has 0 amide bonds. The van der Waals surface area contributed by atoms with E-state index in [0.29, 0.717) is 30.4 Å². The standard InChI is InChI=1S/C12H16Cl2N4O2S/c1-4-10-15-11(21(14,19)20)7-17(10)6-9-12(13)8(3)16-18(9)5-2/h7H,4-6H2,1-3H3. The van der Waals surface area contributed by atoms with Crippen LogP contribution in [0.5, 0.6) is 0 Å². The molecule has 0 unspecified atom stereocenters. The average Bonchev–Trinajstić information content (AvgIpc) is 2.94. The number of hydrogen-bond acceptors (Lipinski definition) is 4. The summed E-state index contributed by atoms with van der Waals surface area (Å²) >= 11 is 6.27. The lowest BCUT2D eigenvalue weighted by Gasteiger charge is -2.08. The van der Waals surface area contributed by atoms with E-state index in [2.05, 4.69) is 10.1 Å². The summed E-state index contributed by atoms with van der Waals surface area (Å²) < 4.78 is 26.4. The molecule has 2 rings (SSSR count). The van der Waals surface area contributed by atoms with Crippen molar-refractivity contribution in [2.24, 2.45) is 0 Å². The highest BCUT2D eigenvalue weighted by atomic mass is 35.7. The number of nitrogens with zero attached hydrogens (tertiary/aromatic N) is 4. The molecule has 0 radical (unpaired) electrons. The summed E-state index contributed by atoms with van der Waals surface area (Å²) in [5.41, 5.74) is 1.57. The van der Waals surface area contributed by atoms with Crippen LogP contribution in [0.15, 0.2) is 11.2 Å². The number of imidazole rings is 1. The topological polar surface area (TPSA) is 69.8 Å². The van der Waals surface area contributed by atoms with Crippen molar-refractivity contribution in [3.8, 4) is 0 Å². The van der Waals surface area contributed by atoms with E-state index in [9.17, 15) is 8.42 Å². The van der Waals surface area contributed by atoms with Crippen molar-refractivity contribution in [2.75, 3.05) is 0 Å². The molecule has 0 aliphatic carbocycles. The lowest BCUT2D eigenvalue weighted by atomic mass is 10.3. The first-order valence-electron chi connectivity index (χ1n) is 6.50. The highest BCUT2D eigenvalue weighted by Gasteiger charge is 2.19. The largest absolute Gasteiger partial charge is 0.327 e. The fourth-order valence-electron chi connectivity index (χ4n) is 2.15. The summed E-state index contributed by atoms with van der Waals surface area (Å²) in [6, 6.07) is 0. The molecule has 2 aromatic heterocycles. The van der Waals surface area contributed by atoms with Gasteiger partial charge < -0.3 is 4.57 Å². The molecule has 0 aromatic carbocycles. The molecule has 2 aromatic rings. The van der Waals surface area contributed by atoms with Crippen LogP contribution >= 0.6 is 22.3 Å². The molecule has 0 atom stereocenters. The zero-order chi connectivity index (χ0) is 15.8. The van der Waals surface area contributed by atoms with Crippen LogP contribution in [0, 0.1) is 6.92 Å². The molecule has 0 fully saturated rings. The average molecular weight is 351 g/mol. The van der Waals surface area contributed by atoms with E-state index >= 15 is 0 Å². The minimum absolute atomic E-state index is 0.142. The molecular formula is C12H16Cl2N4O2S. The van der Waals surface area contributed by atoms with Crippen LogP contribution in [0.3, 0.4) is 0 Å². The fourth-order valence-corrected chi connectivity index (χ4v) is 3.03. The third-order valence-electron chi connectivity index (χ3n) is 3.18. The van der Waals surface area contributed by atoms with Crippen molar-refractivity contribution in [1.29, 1.82) is 0 Å². The van der Waals surface area contributed by atoms with Crippen molar-refractivity contribution in [1.82, 2.24) is 19.3 Å². The summed E-state index contributed by atoms with van der Waals surface area (Å²) in [5.74, 6) is 0.631. The monoisotopic (exact) mass is 350 g/mol. The highest BCUT2D eigenvalue weighted by molar-refractivity contribution is 8.13. The number of aromatic nitrogens is 4. The minimum atomic E-state index is -3.84. The predicted molar refractivity (Wildman–Crippen MR) is 81.4 cm³/mol. The van der Waals surface area contributed by atoms with Crippen LogP contribution < -0.4 is 0 Å². The van der Waals surface area contributed by atoms with Crippen LogP contribution in [0.4, 0.5) is 0 Å². The van der Waals surface area contributed by atoms with Crippen LogP contribution in [-0.2, 0) is 28.6 Å². The Bertz CT molecular complexity index is 765. The molecule has 0 bridgehead atoms. The molecular weight excluding hydrogens is 335 g/mol. The number of hydrogen-bond donors (Lipinski definition) is 0. The van der Waals surface area contributed by atoms with Crippen LogP contribution in [0.2, 0.25) is 5.02 Å². The quantitative estimate of drug-likeness (QED) is 0.777. The molecule has 0 spiro atoms. The van der Waals surface area contributed by atoms with Gasteiger partial charge in [0, 0.05) is 29.8 Å². The Morgan fingerprint density at radius 2 is 2.00 bits per heavy atom. The van der Waals surface area contributed by atoms with Gasteiger partial charge in [-0.1, -0.05) is 18.5 Å². The lowest BCUT2D eigenvalue weighted by Crippen LogP contribution is -2.10. The smallest absolute Gasteiger partial charge is 0.280 e. The van der Waals surface area contributed by atoms with Crippen LogP contribution in [-0.4, -0.2) is 27.7 Å². The highest BCUT2D eigenvalue weighted by Crippen LogP contribution is 2.23. The second-order valence-electron chi connectivity index (χ2n) is 4.58. The lowest BCUT2D eigenvalue weighted by molar-refractivity contribution is 0.589. The van der Waals surface area contributed by atoms with E-state index in [0.717, 1.165) is 11.4 Å². The summed E-state index contributed by atoms with van der Waals surface area (Å²) in [5, 5.41) is 4.79. The van der Waals surface area contributed by atoms with E-state index in [-0.39, 0.29) is 5.03 Å². The normalized spacial score (nSPS) is 12.0. The van der Waals surface area contributed by atoms with Gasteiger partial charge in [-0.3, -0.25) is 4.68 Å². The maximum Gasteiger partial charge on any atom is 0.280 e. The number of halogens is 2. The molecule has 0 aliphatic rings. The Balaban J connectivity index is 2.47. The number of aryl methyl sites for hydroxylation is 3. The second kappa shape index (κ2) is 5.98. The van der Waals surface area contributed by atoms with Crippen molar-refractivity contribution in [3.05, 3.63) is 28.4 Å². The SMILES string of the molecule is CCc1nc(S(=O)(=O)Cl)cn1Cc1c(Cl)c(C)nn1CC. The second-order valence-corrected chi connectivity index (χ2v) is 7.47. The fraction of sp³-hybridized carbons (Fsp3) is 0.500. The first-order chi connectivity index (χ1) is 9.77. The minimum Gasteiger partial charge on any atom is -0.327 e. The Hall–Kier alpha value is -1.05. The zero-order valence-electron chi connectivity index (χ0n) is 12.0. The van der Waals surface area contributed by atoms with Crippen LogP contribution in [0.25, 0.3) is 0 Å². The third-order valence-corrected chi connectivity index (χ3v) is 4.84. The first kappa shape index (κ1) is 16.3. The predicted octanol–water partition coefficient (Wildman–Crippen LogP) is 2.60. The maximum atomic E-state index is 11.4. The number of rotatable bonds is 5. The summed E-state index contributed by atoms with van der Waals surface area (Å²) in [4.78, 5) is 4.06. The van der Waals surface area contributed by atoms with Gasteiger partial charge in [-0.05, 0) is 13.8 Å². The Morgan fingerprint density at radius 3 is 2.52 bits per heavy atom. The summed E-state index contributed by atoms with van der Waals surface area (Å²) in [6.07, 6.45) is 2.02. The Morgan fingerprint density at radius 1 is 1.33 bits per heavy atom. The zero-order valence-corrected chi connectivity index (χ0v) is 14.3. The van der Waals surface area contributed by atoms with Crippen molar-refractivity contribution >= 4 is 31.3 Å². The van der Waals surface area contributed by atoms with E-state index in [1.54, 1.807) is 9.25 Å². The first-order valence-corrected chi connectivity index (χ1v) is 9.19. The van der Waals surface area contributed by atoms with Crippen molar-refractivity contribution < 1.29 is 8.42 Å². The van der Waals surface area contributed by atoms with Gasteiger partial charge in [-0.15, -0.1) is 0 Å². The van der Waals surface area contributed by atoms with Gasteiger partial charge in [0.25, 0.3) is 9.05 Å². The van der Waals surface area contributed by atoms with Gasteiger partial charge in [0.1, 0.15) is 5.82 Å². The van der Waals surface area contributed by atoms with E-state index in [1.165, 1.54) is 6.20 Å². The van der Waals surface area contributed by atoms with E-state index in [1.807, 2.05) is 20.8 Å². The Kier molecular flexibility index (Phi) is 4.65. The van der Waals surface area contributed by atoms with E-state index < -0.39 is 9.05 Å². The third kappa shape index (κ3) is 3.25. The van der Waals surface area contributed by atoms with Crippen molar-refractivity contribution in [2.45, 2.75) is 45.3 Å². The van der Waals surface area contributed by atoms with Gasteiger partial charge in [0.05, 0.1) is 23.0 Å². The van der Waals surface area contributed by atoms with Crippen molar-refractivity contribution in [3.63, 3.8) is 0 Å². The van der Waals surface area contributed by atoms with Gasteiger partial charge in [-0.2, -0.15) is 5.10 Å². The van der Waals surface area contributed by atoms with Crippen LogP contribution in [0.1, 0.15) is 31.1 Å². The summed E-state index contributed by atoms with van der Waals surface area (Å²) in [7, 11) is 1.51. The molecule has 0 saturated carbocycles. The van der Waals surface area contributed by atoms with Gasteiger partial charge >= 0.3 is 0 Å². The van der Waals surface area contributed by atoms with Gasteiger partial charge in [0.15, 0.2) is 5.03 Å². The molecule has 9 heteroatoms. The van der Waals surface area contributed by atoms with E-state index in [4.69, 9.17) is 22.3 Å². The summed E-state index contributed by atoms with van der Waals surface area (Å²) in [6.45, 7) is 6.78. The molecule has 0 saturated heterocycles. The molecule has 2 heterocycles. The maximum absolute atomic E-state index is 11.4. The molecule has 6 nitrogen and oxygen atoms in total. The molecule has 21 heavy (non-hydrogen) atoms. The molecule has 0 N–H and O–H groups in total.